The molecule has 0 aliphatic rings. The Morgan fingerprint density at radius 2 is 1.55 bits per heavy atom. The molecule has 2 aromatic rings. The molecule has 2 N–H and O–H groups in total. The van der Waals surface area contributed by atoms with Crippen LogP contribution < -0.4 is 15.2 Å². The van der Waals surface area contributed by atoms with Crippen LogP contribution in [0, 0.1) is 13.8 Å². The van der Waals surface area contributed by atoms with Crippen molar-refractivity contribution < 1.29 is 9.47 Å². The first kappa shape index (κ1) is 14.4. The van der Waals surface area contributed by atoms with Crippen molar-refractivity contribution >= 4 is 0 Å². The standard InChI is InChI=1S/C17H21NO2/c1-11-7-14(8-12(2)17(11)20-4)13-5-6-16(19-3)15(9-13)10-18/h5-9H,10,18H2,1-4H3. The zero-order valence-electron chi connectivity index (χ0n) is 12.5. The summed E-state index contributed by atoms with van der Waals surface area (Å²) in [7, 11) is 3.37. The molecule has 0 atom stereocenters. The van der Waals surface area contributed by atoms with Gasteiger partial charge in [-0.15, -0.1) is 0 Å². The average molecular weight is 271 g/mol. The summed E-state index contributed by atoms with van der Waals surface area (Å²) in [6.07, 6.45) is 0. The second-order valence-electron chi connectivity index (χ2n) is 4.87. The van der Waals surface area contributed by atoms with E-state index in [1.165, 1.54) is 0 Å². The van der Waals surface area contributed by atoms with E-state index in [0.29, 0.717) is 6.54 Å². The Kier molecular flexibility index (Phi) is 4.30. The number of benzene rings is 2. The van der Waals surface area contributed by atoms with Crippen molar-refractivity contribution in [3.8, 4) is 22.6 Å². The predicted octanol–water partition coefficient (Wildman–Crippen LogP) is 3.45. The lowest BCUT2D eigenvalue weighted by Crippen LogP contribution is -2.00. The molecule has 0 saturated carbocycles. The summed E-state index contributed by atoms with van der Waals surface area (Å²) >= 11 is 0. The van der Waals surface area contributed by atoms with Crippen molar-refractivity contribution in [2.45, 2.75) is 20.4 Å². The van der Waals surface area contributed by atoms with E-state index in [9.17, 15) is 0 Å². The smallest absolute Gasteiger partial charge is 0.124 e. The van der Waals surface area contributed by atoms with Crippen LogP contribution >= 0.6 is 0 Å². The first-order chi connectivity index (χ1) is 9.60. The van der Waals surface area contributed by atoms with Gasteiger partial charge in [0.05, 0.1) is 14.2 Å². The first-order valence-corrected chi connectivity index (χ1v) is 6.63. The van der Waals surface area contributed by atoms with E-state index in [-0.39, 0.29) is 0 Å². The van der Waals surface area contributed by atoms with E-state index in [4.69, 9.17) is 15.2 Å². The minimum absolute atomic E-state index is 0.463. The molecular weight excluding hydrogens is 250 g/mol. The highest BCUT2D eigenvalue weighted by Crippen LogP contribution is 2.32. The Balaban J connectivity index is 2.51. The summed E-state index contributed by atoms with van der Waals surface area (Å²) in [6, 6.07) is 10.4. The maximum Gasteiger partial charge on any atom is 0.124 e. The predicted molar refractivity (Wildman–Crippen MR) is 82.3 cm³/mol. The fourth-order valence-electron chi connectivity index (χ4n) is 2.56. The highest BCUT2D eigenvalue weighted by molar-refractivity contribution is 5.69. The summed E-state index contributed by atoms with van der Waals surface area (Å²) in [5, 5.41) is 0. The SMILES string of the molecule is COc1ccc(-c2cc(C)c(OC)c(C)c2)cc1CN. The second-order valence-corrected chi connectivity index (χ2v) is 4.87. The van der Waals surface area contributed by atoms with Crippen LogP contribution in [0.1, 0.15) is 16.7 Å². The number of aryl methyl sites for hydroxylation is 2. The van der Waals surface area contributed by atoms with Crippen LogP contribution in [-0.2, 0) is 6.54 Å². The zero-order chi connectivity index (χ0) is 14.7. The Bertz CT molecular complexity index is 597. The minimum Gasteiger partial charge on any atom is -0.496 e. The lowest BCUT2D eigenvalue weighted by molar-refractivity contribution is 0.408. The van der Waals surface area contributed by atoms with E-state index >= 15 is 0 Å². The lowest BCUT2D eigenvalue weighted by atomic mass is 9.98. The van der Waals surface area contributed by atoms with Crippen molar-refractivity contribution in [1.82, 2.24) is 0 Å². The van der Waals surface area contributed by atoms with Gasteiger partial charge in [-0.3, -0.25) is 0 Å². The monoisotopic (exact) mass is 271 g/mol. The fourth-order valence-corrected chi connectivity index (χ4v) is 2.56. The topological polar surface area (TPSA) is 44.5 Å². The molecule has 106 valence electrons. The van der Waals surface area contributed by atoms with Crippen molar-refractivity contribution in [1.29, 1.82) is 0 Å². The molecule has 0 unspecified atom stereocenters. The molecule has 0 spiro atoms. The van der Waals surface area contributed by atoms with E-state index < -0.39 is 0 Å². The molecule has 2 aromatic carbocycles. The van der Waals surface area contributed by atoms with Crippen molar-refractivity contribution in [2.24, 2.45) is 5.73 Å². The molecule has 0 heterocycles. The van der Waals surface area contributed by atoms with Gasteiger partial charge in [0.15, 0.2) is 0 Å². The van der Waals surface area contributed by atoms with Gasteiger partial charge in [0.25, 0.3) is 0 Å². The summed E-state index contributed by atoms with van der Waals surface area (Å²) in [4.78, 5) is 0. The molecular formula is C17H21NO2. The van der Waals surface area contributed by atoms with Crippen molar-refractivity contribution in [3.63, 3.8) is 0 Å². The number of ether oxygens (including phenoxy) is 2. The third kappa shape index (κ3) is 2.63. The number of hydrogen-bond donors (Lipinski definition) is 1. The summed E-state index contributed by atoms with van der Waals surface area (Å²) in [6.45, 7) is 4.58. The number of rotatable bonds is 4. The molecule has 3 heteroatoms. The molecule has 0 aliphatic carbocycles. The molecule has 0 radical (unpaired) electrons. The zero-order valence-corrected chi connectivity index (χ0v) is 12.5. The molecule has 0 bridgehead atoms. The molecule has 2 rings (SSSR count). The number of methoxy groups -OCH3 is 2. The normalized spacial score (nSPS) is 10.4. The van der Waals surface area contributed by atoms with E-state index in [1.54, 1.807) is 14.2 Å². The van der Waals surface area contributed by atoms with E-state index in [2.05, 4.69) is 38.1 Å². The van der Waals surface area contributed by atoms with Gasteiger partial charge in [-0.05, 0) is 60.4 Å². The van der Waals surface area contributed by atoms with E-state index in [1.807, 2.05) is 6.07 Å². The number of nitrogens with two attached hydrogens (primary N) is 1. The van der Waals surface area contributed by atoms with Crippen LogP contribution in [0.15, 0.2) is 30.3 Å². The highest BCUT2D eigenvalue weighted by atomic mass is 16.5. The van der Waals surface area contributed by atoms with Crippen LogP contribution in [-0.4, -0.2) is 14.2 Å². The van der Waals surface area contributed by atoms with Crippen LogP contribution in [0.25, 0.3) is 11.1 Å². The van der Waals surface area contributed by atoms with Crippen molar-refractivity contribution in [2.75, 3.05) is 14.2 Å². The van der Waals surface area contributed by atoms with Gasteiger partial charge in [-0.2, -0.15) is 0 Å². The Labute approximate surface area is 120 Å². The highest BCUT2D eigenvalue weighted by Gasteiger charge is 2.09. The largest absolute Gasteiger partial charge is 0.496 e. The van der Waals surface area contributed by atoms with Gasteiger partial charge >= 0.3 is 0 Å². The minimum atomic E-state index is 0.463. The van der Waals surface area contributed by atoms with Crippen LogP contribution in [0.3, 0.4) is 0 Å². The van der Waals surface area contributed by atoms with Crippen LogP contribution in [0.4, 0.5) is 0 Å². The summed E-state index contributed by atoms with van der Waals surface area (Å²) in [5.74, 6) is 1.78. The lowest BCUT2D eigenvalue weighted by Gasteiger charge is -2.13. The van der Waals surface area contributed by atoms with Gasteiger partial charge in [0.2, 0.25) is 0 Å². The molecule has 0 aromatic heterocycles. The second kappa shape index (κ2) is 5.97. The maximum absolute atomic E-state index is 5.78. The molecule has 0 aliphatic heterocycles. The van der Waals surface area contributed by atoms with Gasteiger partial charge in [-0.1, -0.05) is 6.07 Å². The Morgan fingerprint density at radius 1 is 0.900 bits per heavy atom. The van der Waals surface area contributed by atoms with Gasteiger partial charge in [0.1, 0.15) is 11.5 Å². The molecule has 0 amide bonds. The average Bonchev–Trinajstić information content (AvgIpc) is 2.46. The third-order valence-corrected chi connectivity index (χ3v) is 3.50. The third-order valence-electron chi connectivity index (χ3n) is 3.50. The molecule has 20 heavy (non-hydrogen) atoms. The quantitative estimate of drug-likeness (QED) is 0.926. The molecule has 0 fully saturated rings. The Hall–Kier alpha value is -2.00. The first-order valence-electron chi connectivity index (χ1n) is 6.63. The molecule has 0 saturated heterocycles. The summed E-state index contributed by atoms with van der Waals surface area (Å²) < 4.78 is 10.7. The van der Waals surface area contributed by atoms with Crippen LogP contribution in [0.2, 0.25) is 0 Å². The van der Waals surface area contributed by atoms with Crippen LogP contribution in [0.5, 0.6) is 11.5 Å². The summed E-state index contributed by atoms with van der Waals surface area (Å²) in [5.41, 5.74) is 11.4. The Morgan fingerprint density at radius 3 is 2.05 bits per heavy atom. The maximum atomic E-state index is 5.78. The van der Waals surface area contributed by atoms with E-state index in [0.717, 1.165) is 39.3 Å². The number of hydrogen-bond acceptors (Lipinski definition) is 3. The van der Waals surface area contributed by atoms with Crippen molar-refractivity contribution in [3.05, 3.63) is 47.0 Å². The van der Waals surface area contributed by atoms with Gasteiger partial charge in [-0.25, -0.2) is 0 Å². The fraction of sp³-hybridized carbons (Fsp3) is 0.294. The van der Waals surface area contributed by atoms with Gasteiger partial charge in [0, 0.05) is 12.1 Å². The van der Waals surface area contributed by atoms with Gasteiger partial charge < -0.3 is 15.2 Å². The molecule has 3 nitrogen and oxygen atoms in total.